The number of anilines is 6. The highest BCUT2D eigenvalue weighted by Gasteiger charge is 2.29. The second-order valence-electron chi connectivity index (χ2n) is 26.6. The normalized spacial score (nSPS) is 12.4. The first-order valence-corrected chi connectivity index (χ1v) is 31.5. The van der Waals surface area contributed by atoms with Crippen LogP contribution in [0, 0.1) is 0 Å². The van der Waals surface area contributed by atoms with Gasteiger partial charge in [0.15, 0.2) is 11.2 Å². The maximum absolute atomic E-state index is 6.98. The molecule has 15 rings (SSSR count). The monoisotopic (exact) mass is 1160 g/mol. The van der Waals surface area contributed by atoms with E-state index in [9.17, 15) is 0 Å². The zero-order chi connectivity index (χ0) is 61.5. The van der Waals surface area contributed by atoms with Crippen LogP contribution < -0.4 is 9.80 Å². The average molecular weight is 1170 g/mol. The predicted octanol–water partition coefficient (Wildman–Crippen LogP) is 24.0. The maximum atomic E-state index is 6.98. The van der Waals surface area contributed by atoms with Crippen LogP contribution in [0.3, 0.4) is 0 Å². The SMILES string of the molecule is CC(C)(c1ccccc1)c1ccc(N(c2ccc(C(C)(C)c3ccccc3)cc2)c2ccc3cc4c(cc3c2)oc2c4ccc3c4cc5ccc(N(c6ccc(C(C)(C)c7ccccc7)cc6)c6ccc(C(C)(C)c7ccccc7)cc6)cc5cc4oc32)cc1. The van der Waals surface area contributed by atoms with Gasteiger partial charge in [-0.05, 0) is 175 Å². The summed E-state index contributed by atoms with van der Waals surface area (Å²) in [6.45, 7) is 18.4. The van der Waals surface area contributed by atoms with Gasteiger partial charge in [-0.25, -0.2) is 0 Å². The Kier molecular flexibility index (Phi) is 13.5. The zero-order valence-corrected chi connectivity index (χ0v) is 52.4. The summed E-state index contributed by atoms with van der Waals surface area (Å²) >= 11 is 0. The molecule has 0 aliphatic carbocycles. The average Bonchev–Trinajstić information content (AvgIpc) is 1.65. The van der Waals surface area contributed by atoms with E-state index in [-0.39, 0.29) is 21.7 Å². The summed E-state index contributed by atoms with van der Waals surface area (Å²) < 4.78 is 14.0. The molecule has 0 unspecified atom stereocenters. The number of benzene rings is 13. The third kappa shape index (κ3) is 9.70. The van der Waals surface area contributed by atoms with Gasteiger partial charge in [-0.1, -0.05) is 237 Å². The van der Waals surface area contributed by atoms with E-state index in [1.54, 1.807) is 0 Å². The van der Waals surface area contributed by atoms with E-state index in [4.69, 9.17) is 8.83 Å². The van der Waals surface area contributed by atoms with Gasteiger partial charge >= 0.3 is 0 Å². The van der Waals surface area contributed by atoms with E-state index in [0.717, 1.165) is 99.5 Å². The Morgan fingerprint density at radius 2 is 0.456 bits per heavy atom. The van der Waals surface area contributed by atoms with Crippen molar-refractivity contribution in [2.24, 2.45) is 0 Å². The highest BCUT2D eigenvalue weighted by Crippen LogP contribution is 2.46. The summed E-state index contributed by atoms with van der Waals surface area (Å²) in [4.78, 5) is 4.75. The molecule has 0 aliphatic heterocycles. The fraction of sp³-hybridized carbons (Fsp3) is 0.140. The van der Waals surface area contributed by atoms with Crippen LogP contribution in [-0.4, -0.2) is 0 Å². The van der Waals surface area contributed by atoms with Gasteiger partial charge in [-0.15, -0.1) is 0 Å². The molecule has 15 aromatic rings. The summed E-state index contributed by atoms with van der Waals surface area (Å²) in [6, 6.07) is 107. The lowest BCUT2D eigenvalue weighted by atomic mass is 9.78. The Morgan fingerprint density at radius 3 is 0.722 bits per heavy atom. The van der Waals surface area contributed by atoms with Crippen LogP contribution in [-0.2, 0) is 21.7 Å². The van der Waals surface area contributed by atoms with Gasteiger partial charge in [0.2, 0.25) is 0 Å². The molecule has 0 bridgehead atoms. The van der Waals surface area contributed by atoms with Crippen molar-refractivity contribution in [3.8, 4) is 0 Å². The molecule has 2 heterocycles. The van der Waals surface area contributed by atoms with Crippen LogP contribution in [0.2, 0.25) is 0 Å². The minimum Gasteiger partial charge on any atom is -0.452 e. The Balaban J connectivity index is 0.796. The van der Waals surface area contributed by atoms with Crippen molar-refractivity contribution in [1.82, 2.24) is 0 Å². The second kappa shape index (κ2) is 21.7. The third-order valence-corrected chi connectivity index (χ3v) is 19.8. The third-order valence-electron chi connectivity index (χ3n) is 19.8. The molecule has 0 saturated heterocycles. The van der Waals surface area contributed by atoms with Crippen LogP contribution in [0.1, 0.15) is 99.9 Å². The second-order valence-corrected chi connectivity index (χ2v) is 26.6. The Hall–Kier alpha value is -10.4. The summed E-state index contributed by atoms with van der Waals surface area (Å²) in [5.74, 6) is 0. The van der Waals surface area contributed by atoms with Gasteiger partial charge in [0.05, 0.1) is 0 Å². The summed E-state index contributed by atoms with van der Waals surface area (Å²) in [5, 5.41) is 8.61. The molecule has 0 spiro atoms. The molecule has 0 fully saturated rings. The van der Waals surface area contributed by atoms with Crippen molar-refractivity contribution in [2.75, 3.05) is 9.80 Å². The molecular formula is C86H72N2O2. The van der Waals surface area contributed by atoms with E-state index in [2.05, 4.69) is 356 Å². The lowest BCUT2D eigenvalue weighted by Crippen LogP contribution is -2.19. The van der Waals surface area contributed by atoms with Crippen LogP contribution >= 0.6 is 0 Å². The fourth-order valence-corrected chi connectivity index (χ4v) is 13.9. The number of hydrogen-bond acceptors (Lipinski definition) is 4. The number of rotatable bonds is 14. The van der Waals surface area contributed by atoms with Crippen molar-refractivity contribution in [3.63, 3.8) is 0 Å². The van der Waals surface area contributed by atoms with Crippen LogP contribution in [0.4, 0.5) is 34.1 Å². The van der Waals surface area contributed by atoms with Crippen LogP contribution in [0.5, 0.6) is 0 Å². The molecule has 0 atom stereocenters. The first-order valence-electron chi connectivity index (χ1n) is 31.5. The number of furan rings is 2. The quantitative estimate of drug-likeness (QED) is 0.109. The van der Waals surface area contributed by atoms with Crippen molar-refractivity contribution < 1.29 is 8.83 Å². The van der Waals surface area contributed by atoms with E-state index < -0.39 is 0 Å². The zero-order valence-electron chi connectivity index (χ0n) is 52.4. The molecule has 438 valence electrons. The lowest BCUT2D eigenvalue weighted by Gasteiger charge is -2.30. The van der Waals surface area contributed by atoms with E-state index >= 15 is 0 Å². The van der Waals surface area contributed by atoms with Gasteiger partial charge < -0.3 is 18.6 Å². The number of fused-ring (bicyclic) bond motifs is 9. The summed E-state index contributed by atoms with van der Waals surface area (Å²) in [5.41, 5.74) is 19.1. The van der Waals surface area contributed by atoms with E-state index in [1.165, 1.54) is 44.5 Å². The van der Waals surface area contributed by atoms with Crippen LogP contribution in [0.25, 0.3) is 65.4 Å². The molecular weight excluding hydrogens is 1090 g/mol. The van der Waals surface area contributed by atoms with Crippen molar-refractivity contribution in [3.05, 3.63) is 336 Å². The largest absolute Gasteiger partial charge is 0.452 e. The van der Waals surface area contributed by atoms with E-state index in [0.29, 0.717) is 0 Å². The molecule has 13 aromatic carbocycles. The Bertz CT molecular complexity index is 4600. The minimum absolute atomic E-state index is 0.170. The van der Waals surface area contributed by atoms with Gasteiger partial charge in [0.25, 0.3) is 0 Å². The Labute approximate surface area is 527 Å². The fourth-order valence-electron chi connectivity index (χ4n) is 13.9. The maximum Gasteiger partial charge on any atom is 0.178 e. The topological polar surface area (TPSA) is 32.8 Å². The Morgan fingerprint density at radius 1 is 0.211 bits per heavy atom. The minimum atomic E-state index is -0.170. The van der Waals surface area contributed by atoms with Crippen molar-refractivity contribution >= 4 is 99.5 Å². The molecule has 0 N–H and O–H groups in total. The molecule has 90 heavy (non-hydrogen) atoms. The molecule has 0 aliphatic rings. The smallest absolute Gasteiger partial charge is 0.178 e. The predicted molar refractivity (Wildman–Crippen MR) is 380 cm³/mol. The standard InChI is InChI=1S/C86H72N2O2/c1-83(2,61-21-13-9-14-22-61)65-31-41-69(42-32-65)87(70-43-33-66(34-44-70)84(3,4)62-23-15-10-16-24-62)73-39-29-57-53-77-75-49-50-76-78-54-58-30-40-74(52-60(58)56-80(78)90-82(76)81(75)89-79(77)55-59(57)51-73)88(71-45-35-67(36-46-71)85(5,6)63-25-17-11-18-26-63)72-47-37-68(38-48-72)86(7,8)64-27-19-12-20-28-64/h9-56H,1-8H3. The molecule has 0 saturated carbocycles. The first kappa shape index (κ1) is 56.1. The molecule has 0 amide bonds. The van der Waals surface area contributed by atoms with Crippen molar-refractivity contribution in [2.45, 2.75) is 77.0 Å². The van der Waals surface area contributed by atoms with Gasteiger partial charge in [0, 0.05) is 77.3 Å². The highest BCUT2D eigenvalue weighted by molar-refractivity contribution is 6.21. The van der Waals surface area contributed by atoms with Crippen molar-refractivity contribution in [1.29, 1.82) is 0 Å². The first-order chi connectivity index (χ1) is 43.6. The number of hydrogen-bond donors (Lipinski definition) is 0. The van der Waals surface area contributed by atoms with Gasteiger partial charge in [-0.2, -0.15) is 0 Å². The summed E-state index contributed by atoms with van der Waals surface area (Å²) in [7, 11) is 0. The van der Waals surface area contributed by atoms with Crippen LogP contribution in [0.15, 0.2) is 300 Å². The molecule has 4 nitrogen and oxygen atoms in total. The molecule has 4 heteroatoms. The summed E-state index contributed by atoms with van der Waals surface area (Å²) in [6.07, 6.45) is 0. The molecule has 2 aromatic heterocycles. The van der Waals surface area contributed by atoms with E-state index in [1.807, 2.05) is 0 Å². The highest BCUT2D eigenvalue weighted by atomic mass is 16.4. The molecule has 0 radical (unpaired) electrons. The lowest BCUT2D eigenvalue weighted by molar-refractivity contribution is 0.634. The van der Waals surface area contributed by atoms with Gasteiger partial charge in [0.1, 0.15) is 11.2 Å². The number of nitrogens with zero attached hydrogens (tertiary/aromatic N) is 2. The van der Waals surface area contributed by atoms with Gasteiger partial charge in [-0.3, -0.25) is 0 Å².